The average Bonchev–Trinajstić information content (AvgIpc) is 3.59. The number of carbonyl (C=O) groups excluding carboxylic acids is 2. The van der Waals surface area contributed by atoms with Crippen molar-refractivity contribution < 1.29 is 9.59 Å². The zero-order valence-corrected chi connectivity index (χ0v) is 23.2. The summed E-state index contributed by atoms with van der Waals surface area (Å²) in [5.74, 6) is -0.173. The first-order chi connectivity index (χ1) is 18.8. The second-order valence-corrected chi connectivity index (χ2v) is 10.4. The minimum atomic E-state index is -0.258. The van der Waals surface area contributed by atoms with Crippen molar-refractivity contribution in [2.45, 2.75) is 39.9 Å². The molecule has 0 radical (unpaired) electrons. The molecule has 0 spiro atoms. The summed E-state index contributed by atoms with van der Waals surface area (Å²) in [5, 5.41) is 10.4. The van der Waals surface area contributed by atoms with Crippen LogP contribution in [0.25, 0.3) is 22.2 Å². The monoisotopic (exact) mass is 538 g/mol. The fourth-order valence-corrected chi connectivity index (χ4v) is 5.25. The van der Waals surface area contributed by atoms with E-state index in [4.69, 9.17) is 4.98 Å². The van der Waals surface area contributed by atoms with Gasteiger partial charge in [0.2, 0.25) is 5.91 Å². The van der Waals surface area contributed by atoms with E-state index in [2.05, 4.69) is 15.4 Å². The van der Waals surface area contributed by atoms with Crippen LogP contribution in [0.3, 0.4) is 0 Å². The summed E-state index contributed by atoms with van der Waals surface area (Å²) < 4.78 is 1.75. The molecule has 1 atom stereocenters. The maximum atomic E-state index is 13.4. The summed E-state index contributed by atoms with van der Waals surface area (Å²) in [5.41, 5.74) is 8.63. The lowest BCUT2D eigenvalue weighted by molar-refractivity contribution is -0.130. The molecule has 0 bridgehead atoms. The van der Waals surface area contributed by atoms with E-state index in [0.29, 0.717) is 18.7 Å². The number of aryl methyl sites for hydroxylation is 2. The number of carbonyl (C=O) groups is 2. The van der Waals surface area contributed by atoms with Crippen LogP contribution in [-0.4, -0.2) is 36.5 Å². The molecule has 0 aliphatic heterocycles. The number of nitrogens with zero attached hydrogens (tertiary/aromatic N) is 5. The summed E-state index contributed by atoms with van der Waals surface area (Å²) in [6.45, 7) is 6.37. The third-order valence-corrected chi connectivity index (χ3v) is 7.39. The molecule has 39 heavy (non-hydrogen) atoms. The van der Waals surface area contributed by atoms with Crippen molar-refractivity contribution >= 4 is 34.1 Å². The van der Waals surface area contributed by atoms with Gasteiger partial charge >= 0.3 is 0 Å². The average molecular weight is 539 g/mol. The standard InChI is InChI=1S/C30H30N6O2S/c1-19-11-22(14-36(21(3)37)16-24-17-39-18-31-24)9-10-25(19)30(38)33-20(2)27-12-29(23-13-32-35(4)15-23)34-28-8-6-5-7-26(27)28/h5-13,15,17-18,20H,14,16H2,1-4H3,(H,33,38)/t20-/m1/s1. The topological polar surface area (TPSA) is 93.0 Å². The molecule has 1 N–H and O–H groups in total. The highest BCUT2D eigenvalue weighted by Crippen LogP contribution is 2.29. The molecular formula is C30H30N6O2S. The number of thiazole rings is 1. The number of benzene rings is 2. The normalized spacial score (nSPS) is 11.9. The molecule has 5 aromatic rings. The van der Waals surface area contributed by atoms with Crippen molar-refractivity contribution in [2.75, 3.05) is 0 Å². The smallest absolute Gasteiger partial charge is 0.252 e. The second kappa shape index (κ2) is 11.2. The van der Waals surface area contributed by atoms with E-state index in [1.54, 1.807) is 28.2 Å². The van der Waals surface area contributed by atoms with Gasteiger partial charge in [-0.2, -0.15) is 5.10 Å². The Morgan fingerprint density at radius 3 is 2.64 bits per heavy atom. The molecule has 198 valence electrons. The van der Waals surface area contributed by atoms with E-state index in [-0.39, 0.29) is 17.9 Å². The molecule has 0 fully saturated rings. The van der Waals surface area contributed by atoms with Crippen molar-refractivity contribution in [3.63, 3.8) is 0 Å². The van der Waals surface area contributed by atoms with Crippen molar-refractivity contribution in [2.24, 2.45) is 7.05 Å². The molecule has 0 aliphatic rings. The van der Waals surface area contributed by atoms with E-state index in [1.807, 2.05) is 81.0 Å². The van der Waals surface area contributed by atoms with Crippen molar-refractivity contribution in [1.29, 1.82) is 0 Å². The van der Waals surface area contributed by atoms with Crippen LogP contribution in [-0.2, 0) is 24.9 Å². The molecule has 0 saturated heterocycles. The molecule has 3 aromatic heterocycles. The molecule has 0 aliphatic carbocycles. The first kappa shape index (κ1) is 26.2. The Labute approximate surface area is 231 Å². The molecular weight excluding hydrogens is 508 g/mol. The van der Waals surface area contributed by atoms with Gasteiger partial charge in [0.1, 0.15) is 0 Å². The van der Waals surface area contributed by atoms with Gasteiger partial charge < -0.3 is 10.2 Å². The maximum absolute atomic E-state index is 13.4. The first-order valence-electron chi connectivity index (χ1n) is 12.7. The van der Waals surface area contributed by atoms with Gasteiger partial charge in [0.15, 0.2) is 0 Å². The summed E-state index contributed by atoms with van der Waals surface area (Å²) in [7, 11) is 1.88. The first-order valence-corrected chi connectivity index (χ1v) is 13.6. The lowest BCUT2D eigenvalue weighted by atomic mass is 9.99. The van der Waals surface area contributed by atoms with Gasteiger partial charge in [-0.3, -0.25) is 14.3 Å². The number of aromatic nitrogens is 4. The Bertz CT molecular complexity index is 1640. The van der Waals surface area contributed by atoms with E-state index >= 15 is 0 Å². The van der Waals surface area contributed by atoms with Gasteiger partial charge in [-0.05, 0) is 48.7 Å². The van der Waals surface area contributed by atoms with Gasteiger partial charge in [-0.25, -0.2) is 9.97 Å². The zero-order valence-electron chi connectivity index (χ0n) is 22.4. The van der Waals surface area contributed by atoms with Crippen LogP contribution in [0, 0.1) is 6.92 Å². The number of nitrogens with one attached hydrogen (secondary N) is 1. The lowest BCUT2D eigenvalue weighted by Crippen LogP contribution is -2.29. The van der Waals surface area contributed by atoms with Crippen LogP contribution in [0.5, 0.6) is 0 Å². The van der Waals surface area contributed by atoms with Gasteiger partial charge in [0.25, 0.3) is 5.91 Å². The summed E-state index contributed by atoms with van der Waals surface area (Å²) in [4.78, 5) is 36.5. The molecule has 2 amide bonds. The number of hydrogen-bond donors (Lipinski definition) is 1. The Hall–Kier alpha value is -4.37. The minimum absolute atomic E-state index is 0.0217. The lowest BCUT2D eigenvalue weighted by Gasteiger charge is -2.21. The number of rotatable bonds is 8. The number of fused-ring (bicyclic) bond motifs is 1. The molecule has 3 heterocycles. The number of pyridine rings is 1. The van der Waals surface area contributed by atoms with Crippen molar-refractivity contribution in [3.05, 3.63) is 99.8 Å². The number of hydrogen-bond acceptors (Lipinski definition) is 6. The van der Waals surface area contributed by atoms with Crippen LogP contribution in [0.2, 0.25) is 0 Å². The number of amides is 2. The van der Waals surface area contributed by atoms with Gasteiger partial charge in [-0.15, -0.1) is 11.3 Å². The highest BCUT2D eigenvalue weighted by molar-refractivity contribution is 7.07. The summed E-state index contributed by atoms with van der Waals surface area (Å²) >= 11 is 1.51. The fourth-order valence-electron chi connectivity index (χ4n) is 4.70. The Balaban J connectivity index is 1.36. The van der Waals surface area contributed by atoms with Crippen molar-refractivity contribution in [1.82, 2.24) is 30.0 Å². The van der Waals surface area contributed by atoms with Gasteiger partial charge in [0.05, 0.1) is 41.2 Å². The van der Waals surface area contributed by atoms with Gasteiger partial charge in [-0.1, -0.05) is 30.3 Å². The van der Waals surface area contributed by atoms with Crippen LogP contribution in [0.4, 0.5) is 0 Å². The largest absolute Gasteiger partial charge is 0.345 e. The molecule has 8 nitrogen and oxygen atoms in total. The SMILES string of the molecule is CC(=O)N(Cc1ccc(C(=O)N[C@H](C)c2cc(-c3cnn(C)c3)nc3ccccc23)c(C)c1)Cc1cscn1. The van der Waals surface area contributed by atoms with Crippen molar-refractivity contribution in [3.8, 4) is 11.3 Å². The van der Waals surface area contributed by atoms with Crippen LogP contribution >= 0.6 is 11.3 Å². The summed E-state index contributed by atoms with van der Waals surface area (Å²) in [6, 6.07) is 15.4. The quantitative estimate of drug-likeness (QED) is 0.284. The van der Waals surface area contributed by atoms with E-state index < -0.39 is 0 Å². The minimum Gasteiger partial charge on any atom is -0.345 e. The van der Waals surface area contributed by atoms with Crippen LogP contribution in [0.1, 0.15) is 52.6 Å². The predicted molar refractivity (Wildman–Crippen MR) is 153 cm³/mol. The fraction of sp³-hybridized carbons (Fsp3) is 0.233. The maximum Gasteiger partial charge on any atom is 0.252 e. The third-order valence-electron chi connectivity index (χ3n) is 6.75. The molecule has 0 unspecified atom stereocenters. The Kier molecular flexibility index (Phi) is 7.51. The summed E-state index contributed by atoms with van der Waals surface area (Å²) in [6.07, 6.45) is 3.72. The van der Waals surface area contributed by atoms with E-state index in [9.17, 15) is 9.59 Å². The molecule has 9 heteroatoms. The van der Waals surface area contributed by atoms with E-state index in [1.165, 1.54) is 11.3 Å². The predicted octanol–water partition coefficient (Wildman–Crippen LogP) is 5.44. The molecule has 2 aromatic carbocycles. The molecule has 0 saturated carbocycles. The molecule has 5 rings (SSSR count). The highest BCUT2D eigenvalue weighted by Gasteiger charge is 2.19. The van der Waals surface area contributed by atoms with Gasteiger partial charge in [0, 0.05) is 48.6 Å². The Morgan fingerprint density at radius 2 is 1.95 bits per heavy atom. The third kappa shape index (κ3) is 5.88. The van der Waals surface area contributed by atoms with E-state index in [0.717, 1.165) is 44.5 Å². The van der Waals surface area contributed by atoms with Crippen LogP contribution < -0.4 is 5.32 Å². The highest BCUT2D eigenvalue weighted by atomic mass is 32.1. The zero-order chi connectivity index (χ0) is 27.5. The van der Waals surface area contributed by atoms with Crippen LogP contribution in [0.15, 0.2) is 71.8 Å². The second-order valence-electron chi connectivity index (χ2n) is 9.72. The Morgan fingerprint density at radius 1 is 1.13 bits per heavy atom. The number of para-hydroxylation sites is 1.